The van der Waals surface area contributed by atoms with Gasteiger partial charge < -0.3 is 10.4 Å². The second-order valence-corrected chi connectivity index (χ2v) is 6.27. The third-order valence-electron chi connectivity index (χ3n) is 5.44. The zero-order valence-corrected chi connectivity index (χ0v) is 11.0. The molecule has 0 amide bonds. The highest BCUT2D eigenvalue weighted by molar-refractivity contribution is 5.74. The maximum atomic E-state index is 11.4. The molecule has 0 aromatic carbocycles. The van der Waals surface area contributed by atoms with Crippen LogP contribution in [0.5, 0.6) is 0 Å². The monoisotopic (exact) mass is 252 g/mol. The molecule has 0 bridgehead atoms. The summed E-state index contributed by atoms with van der Waals surface area (Å²) in [4.78, 5) is 13.7. The summed E-state index contributed by atoms with van der Waals surface area (Å²) in [6, 6.07) is 0.240. The van der Waals surface area contributed by atoms with Crippen LogP contribution in [-0.2, 0) is 4.79 Å². The molecule has 102 valence electrons. The van der Waals surface area contributed by atoms with Gasteiger partial charge in [-0.25, -0.2) is 0 Å². The number of hydrogen-bond donors (Lipinski definition) is 2. The number of aliphatic carboxylic acids is 1. The fourth-order valence-electron chi connectivity index (χ4n) is 4.36. The van der Waals surface area contributed by atoms with E-state index in [1.165, 1.54) is 44.9 Å². The van der Waals surface area contributed by atoms with Crippen molar-refractivity contribution in [2.45, 2.75) is 57.0 Å². The predicted molar refractivity (Wildman–Crippen MR) is 69.5 cm³/mol. The van der Waals surface area contributed by atoms with Crippen molar-refractivity contribution in [3.8, 4) is 0 Å². The predicted octanol–water partition coefficient (Wildman–Crippen LogP) is 1.46. The Hall–Kier alpha value is -0.610. The van der Waals surface area contributed by atoms with E-state index in [-0.39, 0.29) is 6.04 Å². The normalized spacial score (nSPS) is 36.2. The lowest BCUT2D eigenvalue weighted by Gasteiger charge is -2.58. The van der Waals surface area contributed by atoms with Gasteiger partial charge in [-0.15, -0.1) is 0 Å². The van der Waals surface area contributed by atoms with Crippen LogP contribution in [0.25, 0.3) is 0 Å². The number of nitrogens with one attached hydrogen (secondary N) is 1. The molecule has 1 aliphatic heterocycles. The van der Waals surface area contributed by atoms with Crippen LogP contribution >= 0.6 is 0 Å². The highest BCUT2D eigenvalue weighted by atomic mass is 16.4. The number of nitrogens with zero attached hydrogens (tertiary/aromatic N) is 1. The molecule has 4 nitrogen and oxygen atoms in total. The molecule has 0 aromatic heterocycles. The largest absolute Gasteiger partial charge is 0.480 e. The van der Waals surface area contributed by atoms with E-state index in [0.29, 0.717) is 18.0 Å². The maximum absolute atomic E-state index is 11.4. The molecule has 1 spiro atoms. The molecule has 3 fully saturated rings. The van der Waals surface area contributed by atoms with Gasteiger partial charge in [-0.1, -0.05) is 19.3 Å². The summed E-state index contributed by atoms with van der Waals surface area (Å²) in [6.07, 6.45) is 9.26. The lowest BCUT2D eigenvalue weighted by atomic mass is 9.56. The van der Waals surface area contributed by atoms with E-state index in [1.54, 1.807) is 0 Å². The van der Waals surface area contributed by atoms with Gasteiger partial charge in [0.25, 0.3) is 0 Å². The Labute approximate surface area is 109 Å². The third kappa shape index (κ3) is 1.95. The Morgan fingerprint density at radius 1 is 1.22 bits per heavy atom. The molecular weight excluding hydrogens is 228 g/mol. The fourth-order valence-corrected chi connectivity index (χ4v) is 4.36. The fraction of sp³-hybridized carbons (Fsp3) is 0.929. The number of rotatable bonds is 2. The molecule has 2 unspecified atom stereocenters. The quantitative estimate of drug-likeness (QED) is 0.781. The van der Waals surface area contributed by atoms with Crippen LogP contribution in [0.1, 0.15) is 44.9 Å². The van der Waals surface area contributed by atoms with Crippen molar-refractivity contribution in [2.75, 3.05) is 19.6 Å². The number of carboxylic acids is 1. The summed E-state index contributed by atoms with van der Waals surface area (Å²) in [5, 5.41) is 12.6. The first-order valence-electron chi connectivity index (χ1n) is 7.42. The van der Waals surface area contributed by atoms with Gasteiger partial charge in [-0.05, 0) is 31.1 Å². The number of carboxylic acid groups (broad SMARTS) is 1. The van der Waals surface area contributed by atoms with Gasteiger partial charge in [0, 0.05) is 25.7 Å². The first-order chi connectivity index (χ1) is 8.73. The summed E-state index contributed by atoms with van der Waals surface area (Å²) in [7, 11) is 0. The molecule has 2 N–H and O–H groups in total. The Morgan fingerprint density at radius 3 is 2.61 bits per heavy atom. The second kappa shape index (κ2) is 4.82. The average Bonchev–Trinajstić information content (AvgIpc) is 2.39. The first-order valence-corrected chi connectivity index (χ1v) is 7.42. The minimum Gasteiger partial charge on any atom is -0.480 e. The Morgan fingerprint density at radius 2 is 2.00 bits per heavy atom. The van der Waals surface area contributed by atoms with Gasteiger partial charge in [0.2, 0.25) is 0 Å². The summed E-state index contributed by atoms with van der Waals surface area (Å²) >= 11 is 0. The van der Waals surface area contributed by atoms with E-state index in [0.717, 1.165) is 13.1 Å². The van der Waals surface area contributed by atoms with E-state index in [1.807, 2.05) is 0 Å². The molecule has 1 saturated heterocycles. The summed E-state index contributed by atoms with van der Waals surface area (Å²) < 4.78 is 0. The van der Waals surface area contributed by atoms with Gasteiger partial charge >= 0.3 is 5.97 Å². The van der Waals surface area contributed by atoms with Gasteiger partial charge in [-0.2, -0.15) is 0 Å². The number of hydrogen-bond acceptors (Lipinski definition) is 3. The second-order valence-electron chi connectivity index (χ2n) is 6.27. The van der Waals surface area contributed by atoms with Crippen LogP contribution in [-0.4, -0.2) is 47.7 Å². The molecule has 18 heavy (non-hydrogen) atoms. The number of piperazine rings is 1. The van der Waals surface area contributed by atoms with Crippen LogP contribution in [0.2, 0.25) is 0 Å². The van der Waals surface area contributed by atoms with Crippen LogP contribution < -0.4 is 5.32 Å². The molecule has 4 heteroatoms. The Bertz CT molecular complexity index is 326. The van der Waals surface area contributed by atoms with E-state index >= 15 is 0 Å². The van der Waals surface area contributed by atoms with Gasteiger partial charge in [-0.3, -0.25) is 9.69 Å². The zero-order chi connectivity index (χ0) is 12.6. The minimum atomic E-state index is -0.653. The van der Waals surface area contributed by atoms with Crippen LogP contribution in [0, 0.1) is 5.41 Å². The van der Waals surface area contributed by atoms with Gasteiger partial charge in [0.15, 0.2) is 0 Å². The Balaban J connectivity index is 1.74. The molecule has 2 atom stereocenters. The zero-order valence-electron chi connectivity index (χ0n) is 11.0. The molecule has 1 heterocycles. The summed E-state index contributed by atoms with van der Waals surface area (Å²) in [5.41, 5.74) is 0.475. The average molecular weight is 252 g/mol. The third-order valence-corrected chi connectivity index (χ3v) is 5.44. The summed E-state index contributed by atoms with van der Waals surface area (Å²) in [5.74, 6) is -0.653. The topological polar surface area (TPSA) is 52.6 Å². The van der Waals surface area contributed by atoms with Crippen molar-refractivity contribution >= 4 is 5.97 Å². The van der Waals surface area contributed by atoms with E-state index < -0.39 is 5.97 Å². The first kappa shape index (κ1) is 12.4. The lowest BCUT2D eigenvalue weighted by Crippen LogP contribution is -2.65. The number of carbonyl (C=O) groups is 1. The maximum Gasteiger partial charge on any atom is 0.322 e. The molecule has 3 rings (SSSR count). The van der Waals surface area contributed by atoms with Crippen molar-refractivity contribution in [3.63, 3.8) is 0 Å². The van der Waals surface area contributed by atoms with Crippen molar-refractivity contribution in [1.82, 2.24) is 10.2 Å². The van der Waals surface area contributed by atoms with E-state index in [2.05, 4.69) is 10.2 Å². The highest BCUT2D eigenvalue weighted by Crippen LogP contribution is 2.54. The molecule has 2 aliphatic carbocycles. The standard InChI is InChI=1S/C14H24N2O2/c17-13(18)11-10-15-8-9-16(11)12-4-7-14(12)5-2-1-3-6-14/h11-12,15H,1-10H2,(H,17,18). The van der Waals surface area contributed by atoms with Crippen LogP contribution in [0.15, 0.2) is 0 Å². The Kier molecular flexibility index (Phi) is 3.32. The SMILES string of the molecule is O=C(O)C1CNCCN1C1CCC12CCCCC2. The smallest absolute Gasteiger partial charge is 0.322 e. The molecular formula is C14H24N2O2. The minimum absolute atomic E-state index is 0.303. The summed E-state index contributed by atoms with van der Waals surface area (Å²) in [6.45, 7) is 2.46. The van der Waals surface area contributed by atoms with Crippen molar-refractivity contribution < 1.29 is 9.90 Å². The van der Waals surface area contributed by atoms with Crippen molar-refractivity contribution in [1.29, 1.82) is 0 Å². The molecule has 0 radical (unpaired) electrons. The molecule has 0 aromatic rings. The van der Waals surface area contributed by atoms with Gasteiger partial charge in [0.05, 0.1) is 0 Å². The van der Waals surface area contributed by atoms with Crippen LogP contribution in [0.4, 0.5) is 0 Å². The van der Waals surface area contributed by atoms with E-state index in [4.69, 9.17) is 0 Å². The van der Waals surface area contributed by atoms with Gasteiger partial charge in [0.1, 0.15) is 6.04 Å². The molecule has 2 saturated carbocycles. The van der Waals surface area contributed by atoms with Crippen LogP contribution in [0.3, 0.4) is 0 Å². The highest BCUT2D eigenvalue weighted by Gasteiger charge is 2.51. The van der Waals surface area contributed by atoms with Crippen molar-refractivity contribution in [3.05, 3.63) is 0 Å². The van der Waals surface area contributed by atoms with Crippen molar-refractivity contribution in [2.24, 2.45) is 5.41 Å². The van der Waals surface area contributed by atoms with E-state index in [9.17, 15) is 9.90 Å². The molecule has 3 aliphatic rings. The lowest BCUT2D eigenvalue weighted by molar-refractivity contribution is -0.151.